The topological polar surface area (TPSA) is 0 Å². The standard InChI is InChI=1S/C10H19.Sc/c1-10(2,3)9-7-5-4-6-8-9;/h4,9H,5-8H2,1-3H3;/q-1;. The summed E-state index contributed by atoms with van der Waals surface area (Å²) in [5.74, 6) is 0.970. The van der Waals surface area contributed by atoms with E-state index in [1.807, 2.05) is 0 Å². The molecule has 1 fully saturated rings. The Morgan fingerprint density at radius 2 is 1.55 bits per heavy atom. The van der Waals surface area contributed by atoms with Crippen LogP contribution in [0, 0.1) is 17.8 Å². The third-order valence-corrected chi connectivity index (χ3v) is 2.66. The fraction of sp³-hybridized carbons (Fsp3) is 0.900. The molecule has 0 aromatic heterocycles. The first-order valence-corrected chi connectivity index (χ1v) is 4.42. The van der Waals surface area contributed by atoms with E-state index in [-0.39, 0.29) is 25.8 Å². The van der Waals surface area contributed by atoms with Crippen molar-refractivity contribution in [2.75, 3.05) is 0 Å². The van der Waals surface area contributed by atoms with Crippen molar-refractivity contribution >= 4 is 0 Å². The van der Waals surface area contributed by atoms with E-state index in [4.69, 9.17) is 0 Å². The van der Waals surface area contributed by atoms with Crippen LogP contribution in [0.5, 0.6) is 0 Å². The Labute approximate surface area is 89.9 Å². The molecule has 0 aliphatic heterocycles. The third-order valence-electron chi connectivity index (χ3n) is 2.66. The Kier molecular flexibility index (Phi) is 5.17. The predicted molar refractivity (Wildman–Crippen MR) is 45.7 cm³/mol. The second-order valence-corrected chi connectivity index (χ2v) is 4.51. The molecule has 0 aromatic carbocycles. The van der Waals surface area contributed by atoms with Crippen LogP contribution in [0.1, 0.15) is 46.5 Å². The van der Waals surface area contributed by atoms with Crippen molar-refractivity contribution in [1.82, 2.24) is 0 Å². The Hall–Kier alpha value is 0.870. The molecule has 1 saturated carbocycles. The molecule has 0 heterocycles. The molecule has 1 aliphatic carbocycles. The van der Waals surface area contributed by atoms with Crippen LogP contribution in [0.4, 0.5) is 0 Å². The second-order valence-electron chi connectivity index (χ2n) is 4.51. The molecule has 0 bridgehead atoms. The summed E-state index contributed by atoms with van der Waals surface area (Å²) in [4.78, 5) is 0. The molecule has 1 rings (SSSR count). The van der Waals surface area contributed by atoms with Crippen LogP contribution in [-0.2, 0) is 25.8 Å². The van der Waals surface area contributed by atoms with Gasteiger partial charge in [-0.25, -0.2) is 0 Å². The molecule has 0 aromatic rings. The minimum absolute atomic E-state index is 0. The monoisotopic (exact) mass is 184 g/mol. The summed E-state index contributed by atoms with van der Waals surface area (Å²) in [5.41, 5.74) is 0.550. The molecule has 1 heteroatoms. The van der Waals surface area contributed by atoms with Crippen molar-refractivity contribution in [1.29, 1.82) is 0 Å². The molecule has 1 radical (unpaired) electrons. The summed E-state index contributed by atoms with van der Waals surface area (Å²) < 4.78 is 0. The van der Waals surface area contributed by atoms with Gasteiger partial charge in [-0.1, -0.05) is 33.6 Å². The van der Waals surface area contributed by atoms with E-state index in [1.165, 1.54) is 25.7 Å². The zero-order valence-corrected chi connectivity index (χ0v) is 9.86. The summed E-state index contributed by atoms with van der Waals surface area (Å²) in [6, 6.07) is 0. The SMILES string of the molecule is CC(C)(C)C1CC[CH-]CC1.[Sc]. The van der Waals surface area contributed by atoms with Crippen molar-refractivity contribution in [3.8, 4) is 0 Å². The van der Waals surface area contributed by atoms with E-state index in [2.05, 4.69) is 27.2 Å². The van der Waals surface area contributed by atoms with Crippen LogP contribution < -0.4 is 0 Å². The fourth-order valence-corrected chi connectivity index (χ4v) is 1.79. The summed E-state index contributed by atoms with van der Waals surface area (Å²) in [5, 5.41) is 0. The summed E-state index contributed by atoms with van der Waals surface area (Å²) in [6.07, 6.45) is 7.97. The van der Waals surface area contributed by atoms with E-state index in [0.29, 0.717) is 5.41 Å². The van der Waals surface area contributed by atoms with Gasteiger partial charge in [0.05, 0.1) is 0 Å². The van der Waals surface area contributed by atoms with Gasteiger partial charge in [0.1, 0.15) is 0 Å². The van der Waals surface area contributed by atoms with Gasteiger partial charge in [0.2, 0.25) is 0 Å². The van der Waals surface area contributed by atoms with Crippen molar-refractivity contribution in [3.63, 3.8) is 0 Å². The van der Waals surface area contributed by atoms with Gasteiger partial charge in [-0.2, -0.15) is 12.8 Å². The third kappa shape index (κ3) is 3.87. The van der Waals surface area contributed by atoms with Crippen LogP contribution >= 0.6 is 0 Å². The molecule has 1 aliphatic rings. The molecular formula is C10H19Sc-. The summed E-state index contributed by atoms with van der Waals surface area (Å²) in [6.45, 7) is 7.09. The largest absolute Gasteiger partial charge is 0.328 e. The van der Waals surface area contributed by atoms with E-state index in [0.717, 1.165) is 5.92 Å². The normalized spacial score (nSPS) is 21.0. The molecule has 0 unspecified atom stereocenters. The molecule has 63 valence electrons. The van der Waals surface area contributed by atoms with Gasteiger partial charge in [-0.3, -0.25) is 0 Å². The predicted octanol–water partition coefficient (Wildman–Crippen LogP) is 3.42. The van der Waals surface area contributed by atoms with Gasteiger partial charge in [-0.05, 0) is 11.3 Å². The van der Waals surface area contributed by atoms with Crippen molar-refractivity contribution in [2.24, 2.45) is 11.3 Å². The zero-order chi connectivity index (χ0) is 7.61. The van der Waals surface area contributed by atoms with E-state index >= 15 is 0 Å². The van der Waals surface area contributed by atoms with Crippen molar-refractivity contribution in [2.45, 2.75) is 46.5 Å². The number of hydrogen-bond acceptors (Lipinski definition) is 0. The Balaban J connectivity index is 0.000001000. The van der Waals surface area contributed by atoms with Crippen LogP contribution in [0.2, 0.25) is 0 Å². The van der Waals surface area contributed by atoms with Gasteiger partial charge in [0.15, 0.2) is 0 Å². The van der Waals surface area contributed by atoms with Crippen LogP contribution in [0.3, 0.4) is 0 Å². The molecule has 0 spiro atoms. The first-order chi connectivity index (χ1) is 4.61. The molecule has 0 N–H and O–H groups in total. The van der Waals surface area contributed by atoms with E-state index in [9.17, 15) is 0 Å². The molecule has 0 amide bonds. The number of hydrogen-bond donors (Lipinski definition) is 0. The quantitative estimate of drug-likeness (QED) is 0.506. The second kappa shape index (κ2) is 4.79. The van der Waals surface area contributed by atoms with Crippen molar-refractivity contribution in [3.05, 3.63) is 6.42 Å². The first-order valence-electron chi connectivity index (χ1n) is 4.42. The summed E-state index contributed by atoms with van der Waals surface area (Å²) in [7, 11) is 0. The van der Waals surface area contributed by atoms with Gasteiger partial charge in [-0.15, -0.1) is 0 Å². The van der Waals surface area contributed by atoms with Gasteiger partial charge in [0.25, 0.3) is 0 Å². The smallest absolute Gasteiger partial charge is 0 e. The maximum atomic E-state index is 2.43. The maximum Gasteiger partial charge on any atom is 0 e. The zero-order valence-electron chi connectivity index (χ0n) is 8.06. The van der Waals surface area contributed by atoms with E-state index in [1.54, 1.807) is 0 Å². The van der Waals surface area contributed by atoms with Crippen LogP contribution in [0.15, 0.2) is 0 Å². The van der Waals surface area contributed by atoms with Crippen LogP contribution in [-0.4, -0.2) is 0 Å². The fourth-order valence-electron chi connectivity index (χ4n) is 1.79. The first kappa shape index (κ1) is 11.9. The molecule has 0 nitrogen and oxygen atoms in total. The van der Waals surface area contributed by atoms with Crippen molar-refractivity contribution < 1.29 is 25.8 Å². The molecule has 0 atom stereocenters. The average molecular weight is 184 g/mol. The minimum atomic E-state index is 0. The van der Waals surface area contributed by atoms with Gasteiger partial charge >= 0.3 is 0 Å². The van der Waals surface area contributed by atoms with Gasteiger partial charge < -0.3 is 6.42 Å². The Bertz CT molecular complexity index is 95.9. The molecule has 0 saturated heterocycles. The molecule has 11 heavy (non-hydrogen) atoms. The summed E-state index contributed by atoms with van der Waals surface area (Å²) >= 11 is 0. The van der Waals surface area contributed by atoms with Crippen LogP contribution in [0.25, 0.3) is 0 Å². The van der Waals surface area contributed by atoms with Gasteiger partial charge in [0, 0.05) is 25.8 Å². The Morgan fingerprint density at radius 3 is 1.82 bits per heavy atom. The molecular weight excluding hydrogens is 165 g/mol. The average Bonchev–Trinajstić information content (AvgIpc) is 1.88. The maximum absolute atomic E-state index is 2.43. The minimum Gasteiger partial charge on any atom is -0.328 e. The number of rotatable bonds is 0. The Morgan fingerprint density at radius 1 is 1.09 bits per heavy atom. The van der Waals surface area contributed by atoms with E-state index < -0.39 is 0 Å².